The monoisotopic (exact) mass is 1060 g/mol. The maximum absolute atomic E-state index is 13.1. The van der Waals surface area contributed by atoms with Crippen LogP contribution in [0.1, 0.15) is 284 Å². The minimum atomic E-state index is -1.78. The van der Waals surface area contributed by atoms with Gasteiger partial charge in [-0.3, -0.25) is 4.79 Å². The molecule has 0 aromatic heterocycles. The summed E-state index contributed by atoms with van der Waals surface area (Å²) < 4.78 is 22.7. The Labute approximate surface area is 451 Å². The van der Waals surface area contributed by atoms with Gasteiger partial charge in [-0.15, -0.1) is 0 Å². The van der Waals surface area contributed by atoms with Gasteiger partial charge in [-0.2, -0.15) is 0 Å². The number of aliphatic hydroxyl groups excluding tert-OH is 8. The van der Waals surface area contributed by atoms with E-state index in [1.54, 1.807) is 0 Å². The Morgan fingerprint density at radius 1 is 0.432 bits per heavy atom. The number of hydrogen-bond donors (Lipinski definition) is 9. The van der Waals surface area contributed by atoms with Crippen molar-refractivity contribution in [2.45, 2.75) is 357 Å². The van der Waals surface area contributed by atoms with E-state index in [9.17, 15) is 45.6 Å². The molecule has 12 atom stereocenters. The summed E-state index contributed by atoms with van der Waals surface area (Å²) in [4.78, 5) is 13.1. The van der Waals surface area contributed by atoms with Crippen molar-refractivity contribution in [3.8, 4) is 0 Å². The molecule has 0 aliphatic carbocycles. The molecule has 1 amide bonds. The molecule has 2 aliphatic rings. The van der Waals surface area contributed by atoms with Gasteiger partial charge in [0.05, 0.1) is 32.0 Å². The molecule has 0 aromatic carbocycles. The largest absolute Gasteiger partial charge is 0.394 e. The van der Waals surface area contributed by atoms with Gasteiger partial charge < -0.3 is 65.1 Å². The second kappa shape index (κ2) is 46.9. The van der Waals surface area contributed by atoms with Crippen molar-refractivity contribution >= 4 is 5.91 Å². The number of carbonyl (C=O) groups is 1. The van der Waals surface area contributed by atoms with Crippen molar-refractivity contribution in [1.82, 2.24) is 5.32 Å². The molecule has 0 bridgehead atoms. The number of unbranched alkanes of at least 4 members (excludes halogenated alkanes) is 38. The lowest BCUT2D eigenvalue weighted by Crippen LogP contribution is -2.65. The summed E-state index contributed by atoms with van der Waals surface area (Å²) in [5.41, 5.74) is 0. The van der Waals surface area contributed by atoms with Crippen molar-refractivity contribution in [3.63, 3.8) is 0 Å². The van der Waals surface area contributed by atoms with E-state index in [1.165, 1.54) is 199 Å². The predicted octanol–water partition coefficient (Wildman–Crippen LogP) is 10.9. The van der Waals surface area contributed by atoms with Crippen molar-refractivity contribution in [3.05, 3.63) is 0 Å². The summed E-state index contributed by atoms with van der Waals surface area (Å²) in [5, 5.41) is 86.6. The Kier molecular flexibility index (Phi) is 43.8. The first-order valence-electron chi connectivity index (χ1n) is 31.3. The molecule has 12 unspecified atom stereocenters. The first-order chi connectivity index (χ1) is 36.1. The molecule has 0 aromatic rings. The van der Waals surface area contributed by atoms with Crippen LogP contribution in [0, 0.1) is 0 Å². The Morgan fingerprint density at radius 3 is 1.15 bits per heavy atom. The first-order valence-corrected chi connectivity index (χ1v) is 31.3. The molecule has 0 radical (unpaired) electrons. The topological polar surface area (TPSA) is 228 Å². The molecule has 14 nitrogen and oxygen atoms in total. The van der Waals surface area contributed by atoms with Gasteiger partial charge in [-0.1, -0.05) is 264 Å². The quantitative estimate of drug-likeness (QED) is 0.0259. The van der Waals surface area contributed by atoms with Crippen LogP contribution in [0.15, 0.2) is 0 Å². The lowest BCUT2D eigenvalue weighted by Gasteiger charge is -2.46. The van der Waals surface area contributed by atoms with Crippen LogP contribution in [0.4, 0.5) is 0 Å². The standard InChI is InChI=1S/C60H117NO13/c1-3-5-7-9-10-11-12-13-14-15-16-17-18-19-20-21-22-23-24-25-26-27-28-29-30-31-32-33-34-35-36-37-38-40-42-44-52(65)61-48(49(64)43-41-39-8-6-4-2)47-71-59-57(70)55(68)58(51(46-63)73-59)74-60-56(69)54(67)53(66)50(45-62)72-60/h48-51,53-60,62-64,66-70H,3-47H2,1-2H3,(H,61,65). The molecular weight excluding hydrogens is 943 g/mol. The van der Waals surface area contributed by atoms with Gasteiger partial charge in [-0.05, 0) is 12.8 Å². The van der Waals surface area contributed by atoms with E-state index in [0.717, 1.165) is 57.8 Å². The first kappa shape index (κ1) is 69.1. The summed E-state index contributed by atoms with van der Waals surface area (Å²) in [6.07, 6.45) is 36.6. The number of rotatable bonds is 51. The van der Waals surface area contributed by atoms with E-state index in [0.29, 0.717) is 12.8 Å². The molecule has 0 spiro atoms. The molecule has 9 N–H and O–H groups in total. The van der Waals surface area contributed by atoms with E-state index in [-0.39, 0.29) is 12.5 Å². The highest BCUT2D eigenvalue weighted by molar-refractivity contribution is 5.76. The molecule has 2 saturated heterocycles. The fourth-order valence-corrected chi connectivity index (χ4v) is 10.8. The molecule has 2 rings (SSSR count). The Balaban J connectivity index is 1.48. The maximum Gasteiger partial charge on any atom is 0.220 e. The van der Waals surface area contributed by atoms with E-state index in [2.05, 4.69) is 19.2 Å². The number of nitrogens with one attached hydrogen (secondary N) is 1. The fraction of sp³-hybridized carbons (Fsp3) is 0.983. The highest BCUT2D eigenvalue weighted by Crippen LogP contribution is 2.30. The second-order valence-electron chi connectivity index (χ2n) is 22.6. The molecule has 440 valence electrons. The number of hydrogen-bond acceptors (Lipinski definition) is 13. The van der Waals surface area contributed by atoms with Crippen LogP contribution in [0.2, 0.25) is 0 Å². The molecule has 2 heterocycles. The summed E-state index contributed by atoms with van der Waals surface area (Å²) in [7, 11) is 0. The average molecular weight is 1060 g/mol. The van der Waals surface area contributed by atoms with Gasteiger partial charge in [0.2, 0.25) is 5.91 Å². The zero-order valence-corrected chi connectivity index (χ0v) is 47.4. The maximum atomic E-state index is 13.1. The Morgan fingerprint density at radius 2 is 0.770 bits per heavy atom. The zero-order chi connectivity index (χ0) is 53.9. The molecule has 2 fully saturated rings. The highest BCUT2D eigenvalue weighted by Gasteiger charge is 2.51. The lowest BCUT2D eigenvalue weighted by atomic mass is 9.97. The SMILES string of the molecule is CCCCCCCCCCCCCCCCCCCCCCCCCCCCCCCCCCCCCC(=O)NC(COC1OC(CO)C(OC2OC(CO)C(O)C(O)C2O)C(O)C1O)C(O)CCCCCCC. The molecular formula is C60H117NO13. The molecule has 74 heavy (non-hydrogen) atoms. The van der Waals surface area contributed by atoms with Gasteiger partial charge in [0.1, 0.15) is 48.8 Å². The van der Waals surface area contributed by atoms with Crippen LogP contribution in [-0.2, 0) is 23.7 Å². The van der Waals surface area contributed by atoms with E-state index < -0.39 is 86.8 Å². The molecule has 2 aliphatic heterocycles. The van der Waals surface area contributed by atoms with Crippen LogP contribution < -0.4 is 5.32 Å². The van der Waals surface area contributed by atoms with Gasteiger partial charge in [0.15, 0.2) is 12.6 Å². The molecule has 14 heteroatoms. The zero-order valence-electron chi connectivity index (χ0n) is 47.4. The van der Waals surface area contributed by atoms with Crippen LogP contribution >= 0.6 is 0 Å². The van der Waals surface area contributed by atoms with Crippen molar-refractivity contribution in [1.29, 1.82) is 0 Å². The van der Waals surface area contributed by atoms with Crippen LogP contribution in [0.3, 0.4) is 0 Å². The normalized spacial score (nSPS) is 25.1. The van der Waals surface area contributed by atoms with Crippen LogP contribution in [0.5, 0.6) is 0 Å². The van der Waals surface area contributed by atoms with Gasteiger partial charge in [0.25, 0.3) is 0 Å². The van der Waals surface area contributed by atoms with E-state index in [4.69, 9.17) is 18.9 Å². The summed E-state index contributed by atoms with van der Waals surface area (Å²) in [6, 6.07) is -0.819. The van der Waals surface area contributed by atoms with Gasteiger partial charge in [-0.25, -0.2) is 0 Å². The Bertz CT molecular complexity index is 1250. The third-order valence-electron chi connectivity index (χ3n) is 15.8. The number of carbonyl (C=O) groups excluding carboxylic acids is 1. The smallest absolute Gasteiger partial charge is 0.220 e. The second-order valence-corrected chi connectivity index (χ2v) is 22.6. The van der Waals surface area contributed by atoms with Crippen molar-refractivity contribution < 1.29 is 64.6 Å². The van der Waals surface area contributed by atoms with Crippen molar-refractivity contribution in [2.24, 2.45) is 0 Å². The third-order valence-corrected chi connectivity index (χ3v) is 15.8. The average Bonchev–Trinajstić information content (AvgIpc) is 3.40. The van der Waals surface area contributed by atoms with E-state index >= 15 is 0 Å². The predicted molar refractivity (Wildman–Crippen MR) is 296 cm³/mol. The highest BCUT2D eigenvalue weighted by atomic mass is 16.7. The molecule has 0 saturated carbocycles. The third kappa shape index (κ3) is 32.2. The van der Waals surface area contributed by atoms with Crippen molar-refractivity contribution in [2.75, 3.05) is 19.8 Å². The number of ether oxygens (including phenoxy) is 4. The van der Waals surface area contributed by atoms with Gasteiger partial charge in [0, 0.05) is 6.42 Å². The lowest BCUT2D eigenvalue weighted by molar-refractivity contribution is -0.359. The number of aliphatic hydroxyl groups is 8. The summed E-state index contributed by atoms with van der Waals surface area (Å²) in [5.74, 6) is -0.207. The Hall–Kier alpha value is -1.01. The van der Waals surface area contributed by atoms with E-state index in [1.807, 2.05) is 0 Å². The minimum absolute atomic E-state index is 0.207. The van der Waals surface area contributed by atoms with Gasteiger partial charge >= 0.3 is 0 Å². The summed E-state index contributed by atoms with van der Waals surface area (Å²) in [6.45, 7) is 2.79. The minimum Gasteiger partial charge on any atom is -0.394 e. The van der Waals surface area contributed by atoms with Crippen LogP contribution in [-0.4, -0.2) is 140 Å². The number of amides is 1. The van der Waals surface area contributed by atoms with Crippen LogP contribution in [0.25, 0.3) is 0 Å². The summed E-state index contributed by atoms with van der Waals surface area (Å²) >= 11 is 0. The fourth-order valence-electron chi connectivity index (χ4n) is 10.8.